The number of hydrogen-bond donors (Lipinski definition) is 2. The van der Waals surface area contributed by atoms with Crippen molar-refractivity contribution in [1.82, 2.24) is 0 Å². The Morgan fingerprint density at radius 2 is 1.44 bits per heavy atom. The first kappa shape index (κ1) is 16.8. The van der Waals surface area contributed by atoms with E-state index in [9.17, 15) is 14.7 Å². The summed E-state index contributed by atoms with van der Waals surface area (Å²) in [6.45, 7) is 0. The molecular formula is C20H15NO3S. The average Bonchev–Trinajstić information content (AvgIpc) is 2.63. The lowest BCUT2D eigenvalue weighted by atomic mass is 10.1. The third-order valence-electron chi connectivity index (χ3n) is 3.48. The van der Waals surface area contributed by atoms with Gasteiger partial charge in [0.1, 0.15) is 0 Å². The summed E-state index contributed by atoms with van der Waals surface area (Å²) >= 11 is 1.50. The fourth-order valence-electron chi connectivity index (χ4n) is 2.29. The Hall–Kier alpha value is -3.05. The van der Waals surface area contributed by atoms with E-state index in [0.29, 0.717) is 5.56 Å². The number of nitrogens with one attached hydrogen (secondary N) is 1. The van der Waals surface area contributed by atoms with E-state index < -0.39 is 5.97 Å². The van der Waals surface area contributed by atoms with Crippen molar-refractivity contribution in [2.24, 2.45) is 0 Å². The summed E-state index contributed by atoms with van der Waals surface area (Å²) in [6, 6.07) is 23.4. The van der Waals surface area contributed by atoms with Crippen molar-refractivity contribution in [2.45, 2.75) is 9.79 Å². The third-order valence-corrected chi connectivity index (χ3v) is 4.48. The van der Waals surface area contributed by atoms with Crippen LogP contribution in [0.3, 0.4) is 0 Å². The minimum atomic E-state index is -1.08. The molecule has 0 saturated carbocycles. The highest BCUT2D eigenvalue weighted by Crippen LogP contribution is 2.31. The van der Waals surface area contributed by atoms with E-state index in [-0.39, 0.29) is 17.2 Å². The van der Waals surface area contributed by atoms with Gasteiger partial charge in [0.2, 0.25) is 0 Å². The number of aromatic carboxylic acids is 1. The van der Waals surface area contributed by atoms with Crippen LogP contribution in [0.5, 0.6) is 0 Å². The second kappa shape index (κ2) is 7.68. The van der Waals surface area contributed by atoms with Gasteiger partial charge in [0.25, 0.3) is 5.91 Å². The Kier molecular flexibility index (Phi) is 5.16. The highest BCUT2D eigenvalue weighted by Gasteiger charge is 2.14. The van der Waals surface area contributed by atoms with Crippen LogP contribution in [0.1, 0.15) is 20.7 Å². The van der Waals surface area contributed by atoms with Crippen LogP contribution in [0, 0.1) is 0 Å². The molecule has 0 aliphatic heterocycles. The molecule has 0 heterocycles. The van der Waals surface area contributed by atoms with Crippen molar-refractivity contribution < 1.29 is 14.7 Å². The molecule has 0 aliphatic rings. The molecule has 0 aromatic heterocycles. The second-order valence-corrected chi connectivity index (χ2v) is 6.39. The van der Waals surface area contributed by atoms with Crippen molar-refractivity contribution in [3.05, 3.63) is 90.0 Å². The van der Waals surface area contributed by atoms with E-state index in [0.717, 1.165) is 9.79 Å². The molecule has 4 nitrogen and oxygen atoms in total. The maximum absolute atomic E-state index is 12.3. The van der Waals surface area contributed by atoms with Crippen LogP contribution < -0.4 is 5.32 Å². The second-order valence-electron chi connectivity index (χ2n) is 5.25. The fourth-order valence-corrected chi connectivity index (χ4v) is 3.16. The minimum absolute atomic E-state index is 0.0571. The molecule has 1 amide bonds. The standard InChI is InChI=1S/C20H15NO3S/c22-19(14-7-3-1-4-8-14)21-18-13-16(11-12-17(18)20(23)24)25-15-9-5-2-6-10-15/h1-13H,(H,21,22)(H,23,24). The third kappa shape index (κ3) is 4.28. The van der Waals surface area contributed by atoms with E-state index in [1.165, 1.54) is 17.8 Å². The lowest BCUT2D eigenvalue weighted by molar-refractivity contribution is 0.0698. The van der Waals surface area contributed by atoms with Gasteiger partial charge in [-0.2, -0.15) is 0 Å². The molecule has 0 aliphatic carbocycles. The largest absolute Gasteiger partial charge is 0.478 e. The topological polar surface area (TPSA) is 66.4 Å². The molecule has 0 bridgehead atoms. The molecule has 5 heteroatoms. The number of anilines is 1. The lowest BCUT2D eigenvalue weighted by Gasteiger charge is -2.11. The predicted octanol–water partition coefficient (Wildman–Crippen LogP) is 4.79. The first-order chi connectivity index (χ1) is 12.1. The number of carbonyl (C=O) groups excluding carboxylic acids is 1. The van der Waals surface area contributed by atoms with Gasteiger partial charge in [-0.1, -0.05) is 48.2 Å². The maximum Gasteiger partial charge on any atom is 0.337 e. The summed E-state index contributed by atoms with van der Waals surface area (Å²) in [5.41, 5.74) is 0.809. The fraction of sp³-hybridized carbons (Fsp3) is 0. The summed E-state index contributed by atoms with van der Waals surface area (Å²) < 4.78 is 0. The molecule has 0 radical (unpaired) electrons. The van der Waals surface area contributed by atoms with E-state index in [1.54, 1.807) is 36.4 Å². The molecule has 0 unspecified atom stereocenters. The van der Waals surface area contributed by atoms with Crippen LogP contribution in [0.2, 0.25) is 0 Å². The molecule has 3 rings (SSSR count). The summed E-state index contributed by atoms with van der Waals surface area (Å²) in [4.78, 5) is 25.7. The van der Waals surface area contributed by atoms with Crippen LogP contribution in [-0.2, 0) is 0 Å². The molecule has 124 valence electrons. The van der Waals surface area contributed by atoms with Crippen molar-refractivity contribution in [3.63, 3.8) is 0 Å². The Bertz CT molecular complexity index is 895. The molecular weight excluding hydrogens is 334 g/mol. The average molecular weight is 349 g/mol. The quantitative estimate of drug-likeness (QED) is 0.695. The van der Waals surface area contributed by atoms with Gasteiger partial charge in [0.15, 0.2) is 0 Å². The normalized spacial score (nSPS) is 10.2. The van der Waals surface area contributed by atoms with Crippen LogP contribution in [0.4, 0.5) is 5.69 Å². The van der Waals surface area contributed by atoms with Crippen LogP contribution in [-0.4, -0.2) is 17.0 Å². The van der Waals surface area contributed by atoms with Gasteiger partial charge < -0.3 is 10.4 Å². The lowest BCUT2D eigenvalue weighted by Crippen LogP contribution is -2.14. The highest BCUT2D eigenvalue weighted by molar-refractivity contribution is 7.99. The molecule has 2 N–H and O–H groups in total. The number of carboxylic acids is 1. The van der Waals surface area contributed by atoms with Crippen molar-refractivity contribution in [3.8, 4) is 0 Å². The van der Waals surface area contributed by atoms with Gasteiger partial charge in [-0.15, -0.1) is 0 Å². The maximum atomic E-state index is 12.3. The zero-order valence-electron chi connectivity index (χ0n) is 13.2. The zero-order chi connectivity index (χ0) is 17.6. The summed E-state index contributed by atoms with van der Waals surface area (Å²) in [5, 5.41) is 12.1. The monoisotopic (exact) mass is 349 g/mol. The molecule has 0 atom stereocenters. The molecule has 3 aromatic carbocycles. The first-order valence-corrected chi connectivity index (χ1v) is 8.42. The Labute approximate surface area is 149 Å². The molecule has 3 aromatic rings. The zero-order valence-corrected chi connectivity index (χ0v) is 14.0. The van der Waals surface area contributed by atoms with Gasteiger partial charge in [-0.3, -0.25) is 4.79 Å². The Morgan fingerprint density at radius 3 is 2.08 bits per heavy atom. The summed E-state index contributed by atoms with van der Waals surface area (Å²) in [7, 11) is 0. The van der Waals surface area contributed by atoms with Gasteiger partial charge in [-0.05, 0) is 42.5 Å². The van der Waals surface area contributed by atoms with Crippen LogP contribution in [0.15, 0.2) is 88.7 Å². The first-order valence-electron chi connectivity index (χ1n) is 7.60. The van der Waals surface area contributed by atoms with E-state index >= 15 is 0 Å². The van der Waals surface area contributed by atoms with E-state index in [2.05, 4.69) is 5.32 Å². The number of benzene rings is 3. The predicted molar refractivity (Wildman–Crippen MR) is 98.4 cm³/mol. The van der Waals surface area contributed by atoms with Gasteiger partial charge in [-0.25, -0.2) is 4.79 Å². The minimum Gasteiger partial charge on any atom is -0.478 e. The smallest absolute Gasteiger partial charge is 0.337 e. The number of rotatable bonds is 5. The SMILES string of the molecule is O=C(Nc1cc(Sc2ccccc2)ccc1C(=O)O)c1ccccc1. The summed E-state index contributed by atoms with van der Waals surface area (Å²) in [6.07, 6.45) is 0. The highest BCUT2D eigenvalue weighted by atomic mass is 32.2. The van der Waals surface area contributed by atoms with E-state index in [4.69, 9.17) is 0 Å². The van der Waals surface area contributed by atoms with E-state index in [1.807, 2.05) is 36.4 Å². The Balaban J connectivity index is 1.89. The molecule has 0 saturated heterocycles. The van der Waals surface area contributed by atoms with Crippen molar-refractivity contribution in [2.75, 3.05) is 5.32 Å². The molecule has 25 heavy (non-hydrogen) atoms. The van der Waals surface area contributed by atoms with Gasteiger partial charge in [0.05, 0.1) is 11.3 Å². The molecule has 0 spiro atoms. The number of hydrogen-bond acceptors (Lipinski definition) is 3. The van der Waals surface area contributed by atoms with Gasteiger partial charge >= 0.3 is 5.97 Å². The number of carbonyl (C=O) groups is 2. The van der Waals surface area contributed by atoms with Gasteiger partial charge in [0, 0.05) is 15.4 Å². The number of amides is 1. The number of carboxylic acid groups (broad SMARTS) is 1. The molecule has 0 fully saturated rings. The van der Waals surface area contributed by atoms with Crippen molar-refractivity contribution >= 4 is 29.3 Å². The van der Waals surface area contributed by atoms with Crippen molar-refractivity contribution in [1.29, 1.82) is 0 Å². The summed E-state index contributed by atoms with van der Waals surface area (Å²) in [5.74, 6) is -1.43. The Morgan fingerprint density at radius 1 is 0.800 bits per heavy atom. The van der Waals surface area contributed by atoms with Crippen LogP contribution >= 0.6 is 11.8 Å². The van der Waals surface area contributed by atoms with Crippen LogP contribution in [0.25, 0.3) is 0 Å².